The number of benzene rings is 8. The number of hydrogen-bond acceptors (Lipinski definition) is 0. The highest BCUT2D eigenvalue weighted by Crippen LogP contribution is 2.40. The van der Waals surface area contributed by atoms with Gasteiger partial charge in [-0.2, -0.15) is 0 Å². The summed E-state index contributed by atoms with van der Waals surface area (Å²) in [5.41, 5.74) is 29.5. The molecule has 0 saturated heterocycles. The Hall–Kier alpha value is -9.64. The van der Waals surface area contributed by atoms with Gasteiger partial charge in [0.25, 0.3) is 0 Å². The molecular weight excluding hydrogens is 1320 g/mol. The largest absolute Gasteiger partial charge is 0.212 e. The number of rotatable bonds is 16. The van der Waals surface area contributed by atoms with E-state index in [0.29, 0.717) is 28.5 Å². The second-order valence-corrected chi connectivity index (χ2v) is 33.6. The summed E-state index contributed by atoms with van der Waals surface area (Å²) in [4.78, 5) is 0. The molecule has 0 amide bonds. The molecule has 1 aliphatic carbocycles. The zero-order valence-corrected chi connectivity index (χ0v) is 69.7. The maximum absolute atomic E-state index is 9.22. The van der Waals surface area contributed by atoms with Crippen LogP contribution >= 0.6 is 0 Å². The third-order valence-corrected chi connectivity index (χ3v) is 21.7. The van der Waals surface area contributed by atoms with E-state index in [1.165, 1.54) is 128 Å². The van der Waals surface area contributed by atoms with E-state index in [-0.39, 0.29) is 5.41 Å². The highest BCUT2D eigenvalue weighted by atomic mass is 14.9. The van der Waals surface area contributed by atoms with Gasteiger partial charge in [0.1, 0.15) is 28.2 Å². The fourth-order valence-corrected chi connectivity index (χ4v) is 14.9. The van der Waals surface area contributed by atoms with Crippen LogP contribution in [-0.4, -0.2) is 0 Å². The molecule has 12 aromatic rings. The lowest BCUT2D eigenvalue weighted by molar-refractivity contribution is -0.660. The average molecular weight is 1450 g/mol. The minimum Gasteiger partial charge on any atom is -0.200 e. The van der Waals surface area contributed by atoms with Crippen LogP contribution in [0.5, 0.6) is 0 Å². The standard InChI is InChI=1S/C30H40N.C25H28N.2C25H30N/c1-21-12-10-11-13-27(21)28-15-14-24(20-31(28)9)26-17-23(19-29(3,4)5)16-25(18-26)22(2)30(6,7)8;1-19-8-3-6-13-24(19)25-15-14-23(18-26(25)2)22-12-7-11-21(17-22)16-20-9-4-5-10-20;2*1-17(2)21-13-22(18(3)4)15-23(14-21)20-11-12-25(26(6)16-20)24-10-8-7-9-19(24)5/h10-18,20,22H,19H2,1-9H3;3,6-8,11-15,17-18,20H,4-5,9-10,16H2,1-2H3;2*7-18H,1-6H3/q4*+1/i19D2,22D;;1D3,17D,18D;. The van der Waals surface area contributed by atoms with Crippen molar-refractivity contribution in [2.45, 2.75) is 199 Å². The molecule has 1 aliphatic rings. The highest BCUT2D eigenvalue weighted by Gasteiger charge is 2.26. The smallest absolute Gasteiger partial charge is 0.200 e. The molecule has 4 heterocycles. The summed E-state index contributed by atoms with van der Waals surface area (Å²) in [5, 5.41) is 0. The Labute approximate surface area is 670 Å². The summed E-state index contributed by atoms with van der Waals surface area (Å²) in [6, 6.07) is 78.6. The number of aromatic nitrogens is 4. The van der Waals surface area contributed by atoms with Crippen molar-refractivity contribution in [3.8, 4) is 89.5 Å². The zero-order valence-electron chi connectivity index (χ0n) is 77.7. The summed E-state index contributed by atoms with van der Waals surface area (Å²) in [7, 11) is 8.32. The van der Waals surface area contributed by atoms with Crippen LogP contribution in [0.2, 0.25) is 0 Å². The molecule has 13 rings (SSSR count). The van der Waals surface area contributed by atoms with Crippen molar-refractivity contribution in [3.05, 3.63) is 310 Å². The maximum atomic E-state index is 9.22. The number of nitrogens with zero attached hydrogens (tertiary/aromatic N) is 4. The third kappa shape index (κ3) is 21.4. The summed E-state index contributed by atoms with van der Waals surface area (Å²) in [6.45, 7) is 34.0. The van der Waals surface area contributed by atoms with Crippen molar-refractivity contribution >= 4 is 0 Å². The molecule has 0 spiro atoms. The lowest BCUT2D eigenvalue weighted by Gasteiger charge is -2.29. The molecule has 1 saturated carbocycles. The first kappa shape index (κ1) is 71.0. The van der Waals surface area contributed by atoms with Crippen molar-refractivity contribution in [2.75, 3.05) is 0 Å². The first-order valence-electron chi connectivity index (χ1n) is 43.6. The quantitative estimate of drug-likeness (QED) is 0.0857. The van der Waals surface area contributed by atoms with Crippen LogP contribution in [0.15, 0.2) is 249 Å². The Kier molecular flexibility index (Phi) is 23.6. The Bertz CT molecular complexity index is 5410. The topological polar surface area (TPSA) is 15.5 Å². The third-order valence-electron chi connectivity index (χ3n) is 21.7. The molecular formula is C105H128N4+4. The summed E-state index contributed by atoms with van der Waals surface area (Å²) in [6.07, 6.45) is 14.0. The van der Waals surface area contributed by atoms with Gasteiger partial charge in [0.15, 0.2) is 24.8 Å². The second-order valence-electron chi connectivity index (χ2n) is 33.6. The van der Waals surface area contributed by atoms with E-state index in [1.54, 1.807) is 26.0 Å². The lowest BCUT2D eigenvalue weighted by atomic mass is 9.76. The van der Waals surface area contributed by atoms with E-state index in [4.69, 9.17) is 9.60 Å². The van der Waals surface area contributed by atoms with Gasteiger partial charge in [0.05, 0.1) is 0 Å². The Morgan fingerprint density at radius 2 is 0.697 bits per heavy atom. The van der Waals surface area contributed by atoms with Gasteiger partial charge in [-0.05, 0) is 219 Å². The molecule has 4 aromatic heterocycles. The van der Waals surface area contributed by atoms with Gasteiger partial charge in [-0.25, -0.2) is 18.3 Å². The fourth-order valence-electron chi connectivity index (χ4n) is 14.9. The average Bonchev–Trinajstić information content (AvgIpc) is 0.994. The van der Waals surface area contributed by atoms with Crippen LogP contribution in [0.25, 0.3) is 89.5 Å². The van der Waals surface area contributed by atoms with Crippen molar-refractivity contribution < 1.29 is 29.2 Å². The molecule has 2 atom stereocenters. The fraction of sp³-hybridized carbons (Fsp3) is 0.352. The molecule has 4 nitrogen and oxygen atoms in total. The second kappa shape index (κ2) is 36.3. The molecule has 0 radical (unpaired) electrons. The number of pyridine rings is 4. The molecule has 1 fully saturated rings. The Morgan fingerprint density at radius 1 is 0.358 bits per heavy atom. The Morgan fingerprint density at radius 3 is 1.05 bits per heavy atom. The van der Waals surface area contributed by atoms with Crippen LogP contribution in [0.1, 0.15) is 231 Å². The van der Waals surface area contributed by atoms with Gasteiger partial charge in [0.2, 0.25) is 22.8 Å². The van der Waals surface area contributed by atoms with Crippen LogP contribution in [0, 0.1) is 44.4 Å². The van der Waals surface area contributed by atoms with Crippen molar-refractivity contribution in [2.24, 2.45) is 44.9 Å². The van der Waals surface area contributed by atoms with Crippen molar-refractivity contribution in [1.82, 2.24) is 0 Å². The summed E-state index contributed by atoms with van der Waals surface area (Å²) < 4.78 is 76.4. The van der Waals surface area contributed by atoms with E-state index >= 15 is 0 Å². The molecule has 0 aliphatic heterocycles. The minimum absolute atomic E-state index is 0.309. The first-order chi connectivity index (χ1) is 54.7. The monoisotopic (exact) mass is 1450 g/mol. The molecule has 109 heavy (non-hydrogen) atoms. The number of aryl methyl sites for hydroxylation is 8. The number of hydrogen-bond donors (Lipinski definition) is 0. The summed E-state index contributed by atoms with van der Waals surface area (Å²) in [5.74, 6) is -1.61. The minimum atomic E-state index is -2.48. The maximum Gasteiger partial charge on any atom is 0.212 e. The molecule has 0 bridgehead atoms. The highest BCUT2D eigenvalue weighted by molar-refractivity contribution is 5.72. The van der Waals surface area contributed by atoms with Crippen LogP contribution in [0.3, 0.4) is 0 Å². The molecule has 564 valence electrons. The normalized spacial score (nSPS) is 15.0. The predicted molar refractivity (Wildman–Crippen MR) is 466 cm³/mol. The molecule has 2 unspecified atom stereocenters. The predicted octanol–water partition coefficient (Wildman–Crippen LogP) is 26.6. The van der Waals surface area contributed by atoms with Gasteiger partial charge >= 0.3 is 0 Å². The molecule has 0 N–H and O–H groups in total. The van der Waals surface area contributed by atoms with Crippen molar-refractivity contribution in [3.63, 3.8) is 0 Å². The lowest BCUT2D eigenvalue weighted by Crippen LogP contribution is -2.30. The van der Waals surface area contributed by atoms with Gasteiger partial charge < -0.3 is 0 Å². The van der Waals surface area contributed by atoms with Crippen LogP contribution in [-0.2, 0) is 41.0 Å². The van der Waals surface area contributed by atoms with E-state index in [1.807, 2.05) is 84.4 Å². The van der Waals surface area contributed by atoms with Crippen LogP contribution < -0.4 is 18.3 Å². The molecule has 4 heteroatoms. The molecule has 8 aromatic carbocycles. The SMILES string of the molecule is Cc1ccccc1-c1ccc(-c2cc(C(C)C)cc(C(C)C)c2)c[n+]1C.Cc1ccccc1-c1ccc(-c2cccc(CC3CCCC3)c2)c[n+]1C.[2H]C(C)(C)c1cc(-c2ccc(-c3ccccc3C)[n+](C)c2)cc(C([2H])(C)C([2H])([2H])[2H])c1.[2H]C([2H])(c1cc(-c2ccc(-c3ccccc3C)[n+](C)c2)cc(C([2H])(C)C(C)(C)C)c1)C(C)(C)C. The van der Waals surface area contributed by atoms with Crippen molar-refractivity contribution in [1.29, 1.82) is 0 Å². The Balaban J connectivity index is 0.000000165. The van der Waals surface area contributed by atoms with Crippen LogP contribution in [0.4, 0.5) is 0 Å². The van der Waals surface area contributed by atoms with E-state index in [9.17, 15) is 1.37 Å². The van der Waals surface area contributed by atoms with E-state index in [0.717, 1.165) is 50.7 Å². The van der Waals surface area contributed by atoms with Gasteiger partial charge in [0, 0.05) is 79.7 Å². The van der Waals surface area contributed by atoms with Gasteiger partial charge in [-0.1, -0.05) is 281 Å². The first-order valence-corrected chi connectivity index (χ1v) is 39.6. The van der Waals surface area contributed by atoms with E-state index < -0.39 is 36.3 Å². The van der Waals surface area contributed by atoms with Gasteiger partial charge in [-0.3, -0.25) is 0 Å². The zero-order chi connectivity index (χ0) is 85.7. The van der Waals surface area contributed by atoms with Gasteiger partial charge in [-0.15, -0.1) is 0 Å². The summed E-state index contributed by atoms with van der Waals surface area (Å²) >= 11 is 0. The van der Waals surface area contributed by atoms with E-state index in [2.05, 4.69) is 303 Å².